The summed E-state index contributed by atoms with van der Waals surface area (Å²) >= 11 is 0. The lowest BCUT2D eigenvalue weighted by Crippen LogP contribution is -2.30. The van der Waals surface area contributed by atoms with Gasteiger partial charge in [0.1, 0.15) is 0 Å². The van der Waals surface area contributed by atoms with Crippen LogP contribution in [-0.4, -0.2) is 29.0 Å². The van der Waals surface area contributed by atoms with Crippen LogP contribution in [0.2, 0.25) is 0 Å². The zero-order chi connectivity index (χ0) is 23.2. The first-order chi connectivity index (χ1) is 16.0. The molecule has 6 heteroatoms. The molecule has 0 atom stereocenters. The smallest absolute Gasteiger partial charge is 0.271 e. The first-order valence-corrected chi connectivity index (χ1v) is 11.1. The average molecular weight is 441 g/mol. The predicted octanol–water partition coefficient (Wildman–Crippen LogP) is 4.36. The molecule has 1 aliphatic rings. The number of carbonyl (C=O) groups excluding carboxylic acids is 2. The molecule has 2 amide bonds. The second-order valence-electron chi connectivity index (χ2n) is 8.33. The molecule has 4 rings (SSSR count). The SMILES string of the molecule is CC(=O)Nc1cccc(/C(C)=N/NC(=O)c2ccc(CN3CCc4ccccc4C3)cc2)c1. The van der Waals surface area contributed by atoms with Crippen molar-refractivity contribution in [3.63, 3.8) is 0 Å². The molecule has 0 spiro atoms. The Morgan fingerprint density at radius 3 is 2.42 bits per heavy atom. The number of anilines is 1. The van der Waals surface area contributed by atoms with Gasteiger partial charge in [-0.25, -0.2) is 5.43 Å². The van der Waals surface area contributed by atoms with E-state index in [2.05, 4.69) is 45.0 Å². The molecule has 0 fully saturated rings. The number of fused-ring (bicyclic) bond motifs is 1. The third kappa shape index (κ3) is 5.93. The number of carbonyl (C=O) groups is 2. The van der Waals surface area contributed by atoms with Crippen molar-refractivity contribution in [2.24, 2.45) is 5.10 Å². The molecule has 3 aromatic carbocycles. The van der Waals surface area contributed by atoms with Crippen LogP contribution in [0, 0.1) is 0 Å². The number of nitrogens with one attached hydrogen (secondary N) is 2. The van der Waals surface area contributed by atoms with Gasteiger partial charge in [0.05, 0.1) is 5.71 Å². The summed E-state index contributed by atoms with van der Waals surface area (Å²) in [5, 5.41) is 6.97. The van der Waals surface area contributed by atoms with Crippen molar-refractivity contribution in [2.75, 3.05) is 11.9 Å². The van der Waals surface area contributed by atoms with Gasteiger partial charge in [0, 0.05) is 37.8 Å². The Morgan fingerprint density at radius 2 is 1.67 bits per heavy atom. The minimum Gasteiger partial charge on any atom is -0.326 e. The van der Waals surface area contributed by atoms with Crippen molar-refractivity contribution in [1.29, 1.82) is 0 Å². The third-order valence-corrected chi connectivity index (χ3v) is 5.76. The Balaban J connectivity index is 1.34. The molecular weight excluding hydrogens is 412 g/mol. The largest absolute Gasteiger partial charge is 0.326 e. The molecule has 0 saturated carbocycles. The van der Waals surface area contributed by atoms with Crippen molar-refractivity contribution in [2.45, 2.75) is 33.4 Å². The van der Waals surface area contributed by atoms with Gasteiger partial charge in [-0.2, -0.15) is 5.10 Å². The van der Waals surface area contributed by atoms with E-state index in [4.69, 9.17) is 0 Å². The van der Waals surface area contributed by atoms with Gasteiger partial charge < -0.3 is 5.32 Å². The summed E-state index contributed by atoms with van der Waals surface area (Å²) < 4.78 is 0. The number of hydrogen-bond acceptors (Lipinski definition) is 4. The van der Waals surface area contributed by atoms with Crippen LogP contribution >= 0.6 is 0 Å². The summed E-state index contributed by atoms with van der Waals surface area (Å²) in [7, 11) is 0. The number of amides is 2. The first kappa shape index (κ1) is 22.4. The molecule has 0 aromatic heterocycles. The summed E-state index contributed by atoms with van der Waals surface area (Å²) in [6, 6.07) is 23.6. The van der Waals surface area contributed by atoms with E-state index in [1.165, 1.54) is 23.6 Å². The monoisotopic (exact) mass is 440 g/mol. The van der Waals surface area contributed by atoms with Gasteiger partial charge in [0.2, 0.25) is 5.91 Å². The van der Waals surface area contributed by atoms with E-state index < -0.39 is 0 Å². The standard InChI is InChI=1S/C27H28N4O2/c1-19(24-8-5-9-26(16-24)28-20(2)32)29-30-27(33)23-12-10-21(11-13-23)17-31-15-14-22-6-3-4-7-25(22)18-31/h3-13,16H,14-15,17-18H2,1-2H3,(H,28,32)(H,30,33)/b29-19+. The van der Waals surface area contributed by atoms with E-state index in [9.17, 15) is 9.59 Å². The average Bonchev–Trinajstić information content (AvgIpc) is 2.82. The topological polar surface area (TPSA) is 73.8 Å². The lowest BCUT2D eigenvalue weighted by Gasteiger charge is -2.28. The van der Waals surface area contributed by atoms with Crippen LogP contribution in [0.15, 0.2) is 77.9 Å². The molecule has 3 aromatic rings. The fourth-order valence-electron chi connectivity index (χ4n) is 4.00. The van der Waals surface area contributed by atoms with Gasteiger partial charge in [-0.15, -0.1) is 0 Å². The fraction of sp³-hybridized carbons (Fsp3) is 0.222. The zero-order valence-corrected chi connectivity index (χ0v) is 19.0. The molecule has 0 bridgehead atoms. The fourth-order valence-corrected chi connectivity index (χ4v) is 4.00. The number of nitrogens with zero attached hydrogens (tertiary/aromatic N) is 2. The molecule has 33 heavy (non-hydrogen) atoms. The molecule has 0 aliphatic carbocycles. The Labute approximate surface area is 194 Å². The Morgan fingerprint density at radius 1 is 0.909 bits per heavy atom. The maximum atomic E-state index is 12.5. The summed E-state index contributed by atoms with van der Waals surface area (Å²) in [6.07, 6.45) is 1.07. The molecule has 1 heterocycles. The lowest BCUT2D eigenvalue weighted by atomic mass is 9.99. The molecule has 2 N–H and O–H groups in total. The molecule has 1 aliphatic heterocycles. The zero-order valence-electron chi connectivity index (χ0n) is 19.0. The van der Waals surface area contributed by atoms with Gasteiger partial charge in [-0.3, -0.25) is 14.5 Å². The van der Waals surface area contributed by atoms with E-state index in [1.54, 1.807) is 6.07 Å². The van der Waals surface area contributed by atoms with Crippen molar-refractivity contribution in [1.82, 2.24) is 10.3 Å². The van der Waals surface area contributed by atoms with Crippen LogP contribution in [0.4, 0.5) is 5.69 Å². The summed E-state index contributed by atoms with van der Waals surface area (Å²) in [6.45, 7) is 6.13. The minimum absolute atomic E-state index is 0.136. The van der Waals surface area contributed by atoms with Crippen molar-refractivity contribution >= 4 is 23.2 Å². The third-order valence-electron chi connectivity index (χ3n) is 5.76. The molecule has 0 saturated heterocycles. The molecule has 0 radical (unpaired) electrons. The minimum atomic E-state index is -0.259. The van der Waals surface area contributed by atoms with Crippen LogP contribution in [-0.2, 0) is 24.3 Å². The Bertz CT molecular complexity index is 1180. The Kier molecular flexibility index (Phi) is 6.95. The maximum Gasteiger partial charge on any atom is 0.271 e. The summed E-state index contributed by atoms with van der Waals surface area (Å²) in [5.41, 5.74) is 9.36. The quantitative estimate of drug-likeness (QED) is 0.442. The maximum absolute atomic E-state index is 12.5. The van der Waals surface area contributed by atoms with Crippen molar-refractivity contribution in [3.8, 4) is 0 Å². The predicted molar refractivity (Wildman–Crippen MR) is 131 cm³/mol. The van der Waals surface area contributed by atoms with Gasteiger partial charge >= 0.3 is 0 Å². The second kappa shape index (κ2) is 10.2. The molecule has 6 nitrogen and oxygen atoms in total. The molecule has 0 unspecified atom stereocenters. The molecule has 168 valence electrons. The first-order valence-electron chi connectivity index (χ1n) is 11.1. The van der Waals surface area contributed by atoms with Crippen molar-refractivity contribution in [3.05, 3.63) is 101 Å². The van der Waals surface area contributed by atoms with Crippen LogP contribution < -0.4 is 10.7 Å². The van der Waals surface area contributed by atoms with E-state index in [0.29, 0.717) is 17.0 Å². The number of rotatable bonds is 6. The molecular formula is C27H28N4O2. The highest BCUT2D eigenvalue weighted by molar-refractivity contribution is 6.02. The van der Waals surface area contributed by atoms with Crippen LogP contribution in [0.3, 0.4) is 0 Å². The van der Waals surface area contributed by atoms with Crippen LogP contribution in [0.25, 0.3) is 0 Å². The number of hydrazone groups is 1. The van der Waals surface area contributed by atoms with Crippen LogP contribution in [0.5, 0.6) is 0 Å². The van der Waals surface area contributed by atoms with E-state index in [0.717, 1.165) is 31.6 Å². The van der Waals surface area contributed by atoms with E-state index in [-0.39, 0.29) is 11.8 Å². The van der Waals surface area contributed by atoms with Gasteiger partial charge in [0.25, 0.3) is 5.91 Å². The van der Waals surface area contributed by atoms with E-state index in [1.807, 2.05) is 49.4 Å². The van der Waals surface area contributed by atoms with Gasteiger partial charge in [-0.05, 0) is 59.9 Å². The number of benzene rings is 3. The van der Waals surface area contributed by atoms with Crippen LogP contribution in [0.1, 0.15) is 46.5 Å². The highest BCUT2D eigenvalue weighted by atomic mass is 16.2. The highest BCUT2D eigenvalue weighted by Gasteiger charge is 2.16. The van der Waals surface area contributed by atoms with Crippen molar-refractivity contribution < 1.29 is 9.59 Å². The summed E-state index contributed by atoms with van der Waals surface area (Å²) in [4.78, 5) is 26.2. The van der Waals surface area contributed by atoms with Gasteiger partial charge in [0.15, 0.2) is 0 Å². The normalized spacial score (nSPS) is 13.8. The lowest BCUT2D eigenvalue weighted by molar-refractivity contribution is -0.114. The second-order valence-corrected chi connectivity index (χ2v) is 8.33. The number of hydrogen-bond donors (Lipinski definition) is 2. The van der Waals surface area contributed by atoms with Gasteiger partial charge in [-0.1, -0.05) is 48.5 Å². The highest BCUT2D eigenvalue weighted by Crippen LogP contribution is 2.20. The van der Waals surface area contributed by atoms with E-state index >= 15 is 0 Å². The Hall–Kier alpha value is -3.77. The summed E-state index contributed by atoms with van der Waals surface area (Å²) in [5.74, 6) is -0.394.